The number of carbonyl (C=O) groups excluding carboxylic acids is 1. The van der Waals surface area contributed by atoms with Crippen LogP contribution < -0.4 is 10.2 Å². The van der Waals surface area contributed by atoms with Gasteiger partial charge < -0.3 is 10.2 Å². The van der Waals surface area contributed by atoms with Crippen LogP contribution >= 0.6 is 0 Å². The van der Waals surface area contributed by atoms with E-state index in [0.717, 1.165) is 24.3 Å². The van der Waals surface area contributed by atoms with Gasteiger partial charge in [-0.15, -0.1) is 0 Å². The number of hydrogen-bond acceptors (Lipinski definition) is 5. The molecule has 4 rings (SSSR count). The maximum absolute atomic E-state index is 13.2. The number of nitrogens with one attached hydrogen (secondary N) is 1. The summed E-state index contributed by atoms with van der Waals surface area (Å²) in [5.74, 6) is 0.756. The first-order chi connectivity index (χ1) is 14.4. The van der Waals surface area contributed by atoms with Crippen molar-refractivity contribution in [3.8, 4) is 0 Å². The fourth-order valence-corrected chi connectivity index (χ4v) is 5.51. The summed E-state index contributed by atoms with van der Waals surface area (Å²) in [5, 5.41) is 3.04. The van der Waals surface area contributed by atoms with Gasteiger partial charge >= 0.3 is 0 Å². The summed E-state index contributed by atoms with van der Waals surface area (Å²) in [6.07, 6.45) is 1.21. The van der Waals surface area contributed by atoms with Gasteiger partial charge in [0.2, 0.25) is 5.91 Å². The van der Waals surface area contributed by atoms with E-state index in [1.807, 2.05) is 47.4 Å². The Bertz CT molecular complexity index is 963. The minimum Gasteiger partial charge on any atom is -0.371 e. The van der Waals surface area contributed by atoms with Crippen molar-refractivity contribution in [3.63, 3.8) is 0 Å². The van der Waals surface area contributed by atoms with Crippen molar-refractivity contribution < 1.29 is 13.2 Å². The molecule has 6 nitrogen and oxygen atoms in total. The van der Waals surface area contributed by atoms with E-state index < -0.39 is 15.9 Å². The molecule has 30 heavy (non-hydrogen) atoms. The molecule has 0 saturated carbocycles. The number of hydrogen-bond donors (Lipinski definition) is 1. The van der Waals surface area contributed by atoms with Crippen LogP contribution in [-0.4, -0.2) is 56.9 Å². The van der Waals surface area contributed by atoms with E-state index >= 15 is 0 Å². The van der Waals surface area contributed by atoms with E-state index in [9.17, 15) is 13.2 Å². The van der Waals surface area contributed by atoms with Gasteiger partial charge in [-0.05, 0) is 42.2 Å². The molecule has 2 unspecified atom stereocenters. The monoisotopic (exact) mass is 427 g/mol. The summed E-state index contributed by atoms with van der Waals surface area (Å²) in [7, 11) is -3.01. The summed E-state index contributed by atoms with van der Waals surface area (Å²) < 4.78 is 23.7. The minimum atomic E-state index is -3.01. The van der Waals surface area contributed by atoms with Gasteiger partial charge in [0.1, 0.15) is 6.04 Å². The summed E-state index contributed by atoms with van der Waals surface area (Å²) in [5.41, 5.74) is 2.80. The van der Waals surface area contributed by atoms with Gasteiger partial charge in [-0.3, -0.25) is 9.69 Å². The molecule has 2 saturated heterocycles. The van der Waals surface area contributed by atoms with Gasteiger partial charge in [0.25, 0.3) is 0 Å². The molecule has 0 aliphatic carbocycles. The van der Waals surface area contributed by atoms with Crippen molar-refractivity contribution in [2.45, 2.75) is 19.4 Å². The Hall–Kier alpha value is -2.38. The Morgan fingerprint density at radius 1 is 1.00 bits per heavy atom. The second kappa shape index (κ2) is 8.78. The molecule has 2 aliphatic rings. The summed E-state index contributed by atoms with van der Waals surface area (Å²) in [4.78, 5) is 17.6. The Morgan fingerprint density at radius 3 is 2.27 bits per heavy atom. The molecular formula is C23H29N3O3S. The lowest BCUT2D eigenvalue weighted by atomic mass is 10.0. The number of sulfone groups is 1. The third-order valence-corrected chi connectivity index (χ3v) is 7.64. The average molecular weight is 428 g/mol. The largest absolute Gasteiger partial charge is 0.371 e. The van der Waals surface area contributed by atoms with Gasteiger partial charge in [-0.1, -0.05) is 37.3 Å². The van der Waals surface area contributed by atoms with Gasteiger partial charge in [0.15, 0.2) is 9.84 Å². The molecule has 0 bridgehead atoms. The Kier molecular flexibility index (Phi) is 6.11. The summed E-state index contributed by atoms with van der Waals surface area (Å²) in [6.45, 7) is 5.13. The first-order valence-corrected chi connectivity index (χ1v) is 12.4. The lowest BCUT2D eigenvalue weighted by Gasteiger charge is -2.33. The van der Waals surface area contributed by atoms with Crippen molar-refractivity contribution in [2.75, 3.05) is 47.9 Å². The fraction of sp³-hybridized carbons (Fsp3) is 0.435. The van der Waals surface area contributed by atoms with Crippen LogP contribution in [0.3, 0.4) is 0 Å². The van der Waals surface area contributed by atoms with Crippen LogP contribution in [0.5, 0.6) is 0 Å². The zero-order valence-corrected chi connectivity index (χ0v) is 18.1. The number of amides is 1. The zero-order chi connectivity index (χ0) is 21.1. The van der Waals surface area contributed by atoms with Crippen LogP contribution in [0.4, 0.5) is 11.4 Å². The molecule has 2 atom stereocenters. The van der Waals surface area contributed by atoms with E-state index in [1.165, 1.54) is 12.1 Å². The van der Waals surface area contributed by atoms with Crippen molar-refractivity contribution in [2.24, 2.45) is 5.92 Å². The molecule has 2 fully saturated rings. The molecule has 1 amide bonds. The van der Waals surface area contributed by atoms with E-state index in [1.54, 1.807) is 0 Å². The third kappa shape index (κ3) is 4.84. The highest BCUT2D eigenvalue weighted by Crippen LogP contribution is 2.27. The van der Waals surface area contributed by atoms with Crippen LogP contribution in [0.15, 0.2) is 54.6 Å². The topological polar surface area (TPSA) is 69.7 Å². The van der Waals surface area contributed by atoms with Gasteiger partial charge in [-0.25, -0.2) is 8.42 Å². The number of anilines is 2. The van der Waals surface area contributed by atoms with E-state index in [2.05, 4.69) is 29.3 Å². The van der Waals surface area contributed by atoms with Crippen molar-refractivity contribution in [1.82, 2.24) is 4.90 Å². The normalized spacial score (nSPS) is 22.6. The predicted octanol–water partition coefficient (Wildman–Crippen LogP) is 2.94. The van der Waals surface area contributed by atoms with Gasteiger partial charge in [-0.2, -0.15) is 0 Å². The third-order valence-electron chi connectivity index (χ3n) is 6.03. The first-order valence-electron chi connectivity index (χ1n) is 10.6. The Labute approximate surface area is 178 Å². The maximum atomic E-state index is 13.2. The van der Waals surface area contributed by atoms with Crippen molar-refractivity contribution >= 4 is 27.1 Å². The second-order valence-electron chi connectivity index (χ2n) is 8.38. The van der Waals surface area contributed by atoms with E-state index in [0.29, 0.717) is 19.0 Å². The molecule has 2 aromatic rings. The average Bonchev–Trinajstić information content (AvgIpc) is 3.17. The quantitative estimate of drug-likeness (QED) is 0.795. The SMILES string of the molecule is CC1CCN(c2ccc(NC(=O)C(c3ccccc3)N3CCS(=O)(=O)CC3)cc2)C1. The molecule has 0 aromatic heterocycles. The standard InChI is InChI=1S/C23H29N3O3S/c1-18-11-12-26(17-18)21-9-7-20(8-10-21)24-23(27)22(19-5-3-2-4-6-19)25-13-15-30(28,29)16-14-25/h2-10,18,22H,11-17H2,1H3,(H,24,27). The minimum absolute atomic E-state index is 0.0898. The number of carbonyl (C=O) groups is 1. The lowest BCUT2D eigenvalue weighted by Crippen LogP contribution is -2.46. The highest BCUT2D eigenvalue weighted by Gasteiger charge is 2.32. The number of rotatable bonds is 5. The smallest absolute Gasteiger partial charge is 0.246 e. The zero-order valence-electron chi connectivity index (χ0n) is 17.3. The molecule has 7 heteroatoms. The van der Waals surface area contributed by atoms with Gasteiger partial charge in [0.05, 0.1) is 11.5 Å². The van der Waals surface area contributed by atoms with Gasteiger partial charge in [0, 0.05) is 37.6 Å². The molecule has 2 heterocycles. The second-order valence-corrected chi connectivity index (χ2v) is 10.7. The number of benzene rings is 2. The molecule has 160 valence electrons. The number of nitrogens with zero attached hydrogens (tertiary/aromatic N) is 2. The summed E-state index contributed by atoms with van der Waals surface area (Å²) >= 11 is 0. The Morgan fingerprint density at radius 2 is 1.67 bits per heavy atom. The molecule has 1 N–H and O–H groups in total. The van der Waals surface area contributed by atoms with Crippen LogP contribution in [0.2, 0.25) is 0 Å². The summed E-state index contributed by atoms with van der Waals surface area (Å²) in [6, 6.07) is 17.0. The van der Waals surface area contributed by atoms with Crippen LogP contribution in [0.1, 0.15) is 24.9 Å². The van der Waals surface area contributed by atoms with E-state index in [4.69, 9.17) is 0 Å². The Balaban J connectivity index is 1.49. The highest BCUT2D eigenvalue weighted by molar-refractivity contribution is 7.91. The van der Waals surface area contributed by atoms with Crippen LogP contribution in [-0.2, 0) is 14.6 Å². The predicted molar refractivity (Wildman–Crippen MR) is 120 cm³/mol. The molecule has 2 aromatic carbocycles. The molecule has 0 spiro atoms. The first kappa shape index (κ1) is 20.9. The van der Waals surface area contributed by atoms with Crippen LogP contribution in [0, 0.1) is 5.92 Å². The molecular weight excluding hydrogens is 398 g/mol. The maximum Gasteiger partial charge on any atom is 0.246 e. The lowest BCUT2D eigenvalue weighted by molar-refractivity contribution is -0.121. The van der Waals surface area contributed by atoms with Crippen molar-refractivity contribution in [3.05, 3.63) is 60.2 Å². The van der Waals surface area contributed by atoms with Crippen molar-refractivity contribution in [1.29, 1.82) is 0 Å². The fourth-order valence-electron chi connectivity index (χ4n) is 4.28. The van der Waals surface area contributed by atoms with E-state index in [-0.39, 0.29) is 17.4 Å². The highest BCUT2D eigenvalue weighted by atomic mass is 32.2. The molecule has 2 aliphatic heterocycles. The van der Waals surface area contributed by atoms with Crippen LogP contribution in [0.25, 0.3) is 0 Å². The molecule has 0 radical (unpaired) electrons.